The number of hydrogen-bond donors (Lipinski definition) is 3. The molecule has 0 radical (unpaired) electrons. The van der Waals surface area contributed by atoms with Gasteiger partial charge in [-0.3, -0.25) is 4.79 Å². The number of halogens is 1. The van der Waals surface area contributed by atoms with E-state index in [0.29, 0.717) is 36.2 Å². The van der Waals surface area contributed by atoms with Gasteiger partial charge in [0.15, 0.2) is 0 Å². The molecule has 28 heavy (non-hydrogen) atoms. The highest BCUT2D eigenvalue weighted by molar-refractivity contribution is 6.30. The van der Waals surface area contributed by atoms with Crippen molar-refractivity contribution >= 4 is 17.5 Å². The average molecular weight is 399 g/mol. The van der Waals surface area contributed by atoms with Crippen LogP contribution < -0.4 is 10.6 Å². The minimum atomic E-state index is -0.629. The highest BCUT2D eigenvalue weighted by atomic mass is 35.5. The number of carbonyl (C=O) groups excluding carboxylic acids is 1. The van der Waals surface area contributed by atoms with Gasteiger partial charge in [-0.2, -0.15) is 4.98 Å². The zero-order valence-corrected chi connectivity index (χ0v) is 15.7. The third-order valence-electron chi connectivity index (χ3n) is 4.67. The molecule has 3 N–H and O–H groups in total. The van der Waals surface area contributed by atoms with Crippen LogP contribution in [0.5, 0.6) is 0 Å². The lowest BCUT2D eigenvalue weighted by Gasteiger charge is -2.14. The number of benzene rings is 2. The number of aliphatic hydroxyl groups is 1. The van der Waals surface area contributed by atoms with Crippen molar-refractivity contribution in [3.8, 4) is 22.8 Å². The lowest BCUT2D eigenvalue weighted by atomic mass is 10.1. The molecular weight excluding hydrogens is 380 g/mol. The average Bonchev–Trinajstić information content (AvgIpc) is 3.36. The molecule has 1 aliphatic rings. The van der Waals surface area contributed by atoms with Crippen LogP contribution >= 0.6 is 11.6 Å². The zero-order chi connectivity index (χ0) is 19.5. The van der Waals surface area contributed by atoms with E-state index in [1.807, 2.05) is 36.4 Å². The molecule has 4 rings (SSSR count). The normalized spacial score (nSPS) is 18.9. The molecule has 1 saturated heterocycles. The molecule has 2 atom stereocenters. The fraction of sp³-hybridized carbons (Fsp3) is 0.250. The summed E-state index contributed by atoms with van der Waals surface area (Å²) in [5.74, 6) is 0.712. The van der Waals surface area contributed by atoms with Crippen LogP contribution in [0.4, 0.5) is 0 Å². The van der Waals surface area contributed by atoms with Gasteiger partial charge in [-0.05, 0) is 42.8 Å². The van der Waals surface area contributed by atoms with Crippen LogP contribution in [-0.4, -0.2) is 39.8 Å². The third kappa shape index (κ3) is 4.06. The van der Waals surface area contributed by atoms with Crippen LogP contribution in [0, 0.1) is 0 Å². The summed E-state index contributed by atoms with van der Waals surface area (Å²) in [5, 5.41) is 20.3. The number of amides is 1. The van der Waals surface area contributed by atoms with Crippen LogP contribution in [-0.2, 0) is 11.3 Å². The molecule has 0 saturated carbocycles. The highest BCUT2D eigenvalue weighted by Gasteiger charge is 2.30. The molecule has 1 fully saturated rings. The van der Waals surface area contributed by atoms with E-state index in [0.717, 1.165) is 16.7 Å². The Morgan fingerprint density at radius 3 is 2.57 bits per heavy atom. The van der Waals surface area contributed by atoms with Gasteiger partial charge in [0.05, 0.1) is 6.10 Å². The SMILES string of the molecule is O=C(NCc1ccc(-c2noc(-c3ccc(Cl)cc3)n2)cc1)C1NCCC1O. The maximum absolute atomic E-state index is 12.1. The molecule has 0 bridgehead atoms. The topological polar surface area (TPSA) is 100 Å². The van der Waals surface area contributed by atoms with Gasteiger partial charge in [-0.25, -0.2) is 0 Å². The molecule has 1 amide bonds. The van der Waals surface area contributed by atoms with Crippen molar-refractivity contribution in [3.63, 3.8) is 0 Å². The minimum Gasteiger partial charge on any atom is -0.391 e. The van der Waals surface area contributed by atoms with Crippen molar-refractivity contribution in [3.05, 3.63) is 59.1 Å². The molecule has 3 aromatic rings. The maximum Gasteiger partial charge on any atom is 0.258 e. The first-order valence-electron chi connectivity index (χ1n) is 8.98. The molecule has 0 spiro atoms. The van der Waals surface area contributed by atoms with Gasteiger partial charge < -0.3 is 20.3 Å². The molecule has 0 aliphatic carbocycles. The van der Waals surface area contributed by atoms with Gasteiger partial charge in [-0.1, -0.05) is 41.0 Å². The lowest BCUT2D eigenvalue weighted by molar-refractivity contribution is -0.124. The molecule has 1 aromatic heterocycles. The van der Waals surface area contributed by atoms with Crippen molar-refractivity contribution < 1.29 is 14.4 Å². The maximum atomic E-state index is 12.1. The van der Waals surface area contributed by atoms with Gasteiger partial charge in [0, 0.05) is 22.7 Å². The molecule has 7 nitrogen and oxygen atoms in total. The van der Waals surface area contributed by atoms with E-state index in [-0.39, 0.29) is 5.91 Å². The molecule has 8 heteroatoms. The Bertz CT molecular complexity index is 956. The minimum absolute atomic E-state index is 0.195. The Hall–Kier alpha value is -2.74. The van der Waals surface area contributed by atoms with E-state index in [4.69, 9.17) is 16.1 Å². The number of rotatable bonds is 5. The second-order valence-corrected chi connectivity index (χ2v) is 7.07. The standard InChI is InChI=1S/C20H19ClN4O3/c21-15-7-5-14(6-8-15)20-24-18(25-28-20)13-3-1-12(2-4-13)11-23-19(27)17-16(26)9-10-22-17/h1-8,16-17,22,26H,9-11H2,(H,23,27). The lowest BCUT2D eigenvalue weighted by Crippen LogP contribution is -2.45. The van der Waals surface area contributed by atoms with Crippen LogP contribution in [0.15, 0.2) is 53.1 Å². The summed E-state index contributed by atoms with van der Waals surface area (Å²) in [7, 11) is 0. The Morgan fingerprint density at radius 1 is 1.18 bits per heavy atom. The van der Waals surface area contributed by atoms with E-state index in [9.17, 15) is 9.90 Å². The summed E-state index contributed by atoms with van der Waals surface area (Å²) in [6.45, 7) is 1.03. The van der Waals surface area contributed by atoms with Crippen molar-refractivity contribution in [1.29, 1.82) is 0 Å². The first-order valence-corrected chi connectivity index (χ1v) is 9.36. The predicted molar refractivity (Wildman–Crippen MR) is 104 cm³/mol. The van der Waals surface area contributed by atoms with Gasteiger partial charge >= 0.3 is 0 Å². The largest absolute Gasteiger partial charge is 0.391 e. The molecule has 144 valence electrons. The van der Waals surface area contributed by atoms with Crippen LogP contribution in [0.25, 0.3) is 22.8 Å². The van der Waals surface area contributed by atoms with Crippen molar-refractivity contribution in [2.75, 3.05) is 6.54 Å². The van der Waals surface area contributed by atoms with Crippen LogP contribution in [0.1, 0.15) is 12.0 Å². The summed E-state index contributed by atoms with van der Waals surface area (Å²) in [5.41, 5.74) is 2.54. The fourth-order valence-corrected chi connectivity index (χ4v) is 3.20. The van der Waals surface area contributed by atoms with Gasteiger partial charge in [0.2, 0.25) is 11.7 Å². The monoisotopic (exact) mass is 398 g/mol. The molecule has 2 heterocycles. The summed E-state index contributed by atoms with van der Waals surface area (Å²) in [6, 6.07) is 14.2. The van der Waals surface area contributed by atoms with Gasteiger partial charge in [0.25, 0.3) is 5.89 Å². The second-order valence-electron chi connectivity index (χ2n) is 6.63. The second kappa shape index (κ2) is 8.10. The zero-order valence-electron chi connectivity index (χ0n) is 14.9. The Labute approximate surface area is 166 Å². The highest BCUT2D eigenvalue weighted by Crippen LogP contribution is 2.23. The Kier molecular flexibility index (Phi) is 5.38. The third-order valence-corrected chi connectivity index (χ3v) is 4.92. The number of nitrogens with one attached hydrogen (secondary N) is 2. The number of nitrogens with zero attached hydrogens (tertiary/aromatic N) is 2. The van der Waals surface area contributed by atoms with E-state index in [1.54, 1.807) is 12.1 Å². The quantitative estimate of drug-likeness (QED) is 0.610. The van der Waals surface area contributed by atoms with Crippen LogP contribution in [0.3, 0.4) is 0 Å². The van der Waals surface area contributed by atoms with Gasteiger partial charge in [-0.15, -0.1) is 0 Å². The number of hydrogen-bond acceptors (Lipinski definition) is 6. The smallest absolute Gasteiger partial charge is 0.258 e. The number of carbonyl (C=O) groups is 1. The van der Waals surface area contributed by atoms with E-state index >= 15 is 0 Å². The Balaban J connectivity index is 1.39. The number of aromatic nitrogens is 2. The first-order chi connectivity index (χ1) is 13.6. The summed E-state index contributed by atoms with van der Waals surface area (Å²) in [6.07, 6.45) is -0.0365. The Morgan fingerprint density at radius 2 is 1.89 bits per heavy atom. The van der Waals surface area contributed by atoms with Crippen molar-refractivity contribution in [1.82, 2.24) is 20.8 Å². The van der Waals surface area contributed by atoms with Gasteiger partial charge in [0.1, 0.15) is 6.04 Å². The fourth-order valence-electron chi connectivity index (χ4n) is 3.08. The summed E-state index contributed by atoms with van der Waals surface area (Å²) in [4.78, 5) is 16.5. The molecule has 1 aliphatic heterocycles. The van der Waals surface area contributed by atoms with Crippen molar-refractivity contribution in [2.24, 2.45) is 0 Å². The van der Waals surface area contributed by atoms with E-state index in [2.05, 4.69) is 20.8 Å². The van der Waals surface area contributed by atoms with Crippen molar-refractivity contribution in [2.45, 2.75) is 25.1 Å². The van der Waals surface area contributed by atoms with Crippen LogP contribution in [0.2, 0.25) is 5.02 Å². The van der Waals surface area contributed by atoms with E-state index < -0.39 is 12.1 Å². The molecule has 2 aromatic carbocycles. The molecule has 2 unspecified atom stereocenters. The first kappa shape index (κ1) is 18.6. The summed E-state index contributed by atoms with van der Waals surface area (Å²) >= 11 is 5.90. The molecular formula is C20H19ClN4O3. The number of aliphatic hydroxyl groups excluding tert-OH is 1. The predicted octanol–water partition coefficient (Wildman–Crippen LogP) is 2.40. The van der Waals surface area contributed by atoms with E-state index in [1.165, 1.54) is 0 Å². The summed E-state index contributed by atoms with van der Waals surface area (Å²) < 4.78 is 5.33.